The van der Waals surface area contributed by atoms with Gasteiger partial charge in [-0.2, -0.15) is 0 Å². The number of benzene rings is 15. The number of ether oxygens (including phenoxy) is 16. The van der Waals surface area contributed by atoms with Crippen LogP contribution in [0.2, 0.25) is 0 Å². The molecule has 2 aliphatic heterocycles. The van der Waals surface area contributed by atoms with Gasteiger partial charge in [-0.05, 0) is 129 Å². The van der Waals surface area contributed by atoms with Crippen LogP contribution in [0.1, 0.15) is 0 Å². The molecular formula is C92H104Li2O16. The van der Waals surface area contributed by atoms with Crippen molar-refractivity contribution in [2.75, 3.05) is 213 Å². The molecule has 0 atom stereocenters. The molecule has 0 aliphatic carbocycles. The fourth-order valence-electron chi connectivity index (χ4n) is 13.7. The molecule has 0 N–H and O–H groups in total. The van der Waals surface area contributed by atoms with Crippen LogP contribution in [0.3, 0.4) is 0 Å². The Morgan fingerprint density at radius 1 is 0.164 bits per heavy atom. The monoisotopic (exact) mass is 1480 g/mol. The van der Waals surface area contributed by atoms with E-state index < -0.39 is 0 Å². The first-order chi connectivity index (χ1) is 53.6. The van der Waals surface area contributed by atoms with Gasteiger partial charge in [-0.15, -0.1) is 0 Å². The molecule has 0 bridgehead atoms. The minimum absolute atomic E-state index is 0. The van der Waals surface area contributed by atoms with Crippen molar-refractivity contribution in [1.82, 2.24) is 0 Å². The Morgan fingerprint density at radius 3 is 0.336 bits per heavy atom. The summed E-state index contributed by atoms with van der Waals surface area (Å²) in [6.45, 7) is 16.8. The van der Waals surface area contributed by atoms with E-state index in [1.54, 1.807) is 28.4 Å². The summed E-state index contributed by atoms with van der Waals surface area (Å²) in [5, 5.41) is 32.7. The summed E-state index contributed by atoms with van der Waals surface area (Å²) in [5.74, 6) is 0. The maximum absolute atomic E-state index is 5.33. The summed E-state index contributed by atoms with van der Waals surface area (Å²) in [6.07, 6.45) is 0. The number of hydrogen-bond acceptors (Lipinski definition) is 16. The summed E-state index contributed by atoms with van der Waals surface area (Å²) in [4.78, 5) is 0. The molecule has 16 nitrogen and oxygen atoms in total. The number of rotatable bonds is 6. The smallest absolute Gasteiger partial charge is 0.0701 e. The molecule has 2 radical (unpaired) electrons. The van der Waals surface area contributed by atoms with Crippen molar-refractivity contribution < 1.29 is 75.8 Å². The van der Waals surface area contributed by atoms with Crippen LogP contribution in [0.15, 0.2) is 218 Å². The van der Waals surface area contributed by atoms with Crippen LogP contribution in [0.4, 0.5) is 0 Å². The van der Waals surface area contributed by atoms with Gasteiger partial charge in [0.1, 0.15) is 0 Å². The van der Waals surface area contributed by atoms with E-state index in [4.69, 9.17) is 56.8 Å². The second kappa shape index (κ2) is 49.3. The van der Waals surface area contributed by atoms with E-state index in [2.05, 4.69) is 237 Å². The molecule has 17 rings (SSSR count). The maximum atomic E-state index is 5.33. The van der Waals surface area contributed by atoms with Gasteiger partial charge in [0.05, 0.1) is 185 Å². The SMILES string of the molecule is C1COCCOCCOCCOCCOCCO1.C1COCCOCCOCCOCCOCCO1.COCCOC.COCCOC.[Li].[Li].c1cc2cccc3c4cccc5cccc(c(c1)c23)c54.c1cc2cccc3c4cccc5cccc(c(c1)c23)c54.c1cc2cccc3c4cccc5cccc(c(c1)c23)c54. The first-order valence-electron chi connectivity index (χ1n) is 37.6. The third-order valence-electron chi connectivity index (χ3n) is 18.6. The zero-order chi connectivity index (χ0) is 74.4. The minimum atomic E-state index is 0. The Hall–Kier alpha value is -7.25. The van der Waals surface area contributed by atoms with Crippen molar-refractivity contribution in [3.05, 3.63) is 218 Å². The quantitative estimate of drug-likeness (QED) is 0.0672. The molecule has 2 heterocycles. The third-order valence-corrected chi connectivity index (χ3v) is 18.6. The summed E-state index contributed by atoms with van der Waals surface area (Å²) >= 11 is 0. The summed E-state index contributed by atoms with van der Waals surface area (Å²) in [7, 11) is 6.61. The average Bonchev–Trinajstić information content (AvgIpc) is 0.741. The predicted molar refractivity (Wildman–Crippen MR) is 452 cm³/mol. The molecular weight excluding hydrogens is 1370 g/mol. The molecule has 0 aromatic heterocycles. The van der Waals surface area contributed by atoms with E-state index in [-0.39, 0.29) is 37.7 Å². The summed E-state index contributed by atoms with van der Waals surface area (Å²) in [6, 6.07) is 79.3. The topological polar surface area (TPSA) is 148 Å². The zero-order valence-corrected chi connectivity index (χ0v) is 65.1. The van der Waals surface area contributed by atoms with Gasteiger partial charge in [-0.1, -0.05) is 218 Å². The van der Waals surface area contributed by atoms with Crippen LogP contribution in [-0.4, -0.2) is 251 Å². The van der Waals surface area contributed by atoms with Crippen LogP contribution in [0.25, 0.3) is 129 Å². The Kier molecular flexibility index (Phi) is 38.9. The summed E-state index contributed by atoms with van der Waals surface area (Å²) < 4.78 is 82.6. The average molecular weight is 1480 g/mol. The van der Waals surface area contributed by atoms with Gasteiger partial charge >= 0.3 is 0 Å². The van der Waals surface area contributed by atoms with Crippen LogP contribution >= 0.6 is 0 Å². The van der Waals surface area contributed by atoms with E-state index in [0.717, 1.165) is 0 Å². The largest absolute Gasteiger partial charge is 0.382 e. The van der Waals surface area contributed by atoms with E-state index in [1.807, 2.05) is 0 Å². The van der Waals surface area contributed by atoms with Crippen molar-refractivity contribution in [3.8, 4) is 0 Å². The molecule has 2 fully saturated rings. The molecule has 0 unspecified atom stereocenters. The number of hydrogen-bond donors (Lipinski definition) is 0. The Bertz CT molecular complexity index is 3900. The third kappa shape index (κ3) is 24.4. The van der Waals surface area contributed by atoms with Crippen LogP contribution < -0.4 is 0 Å². The molecule has 18 heteroatoms. The van der Waals surface area contributed by atoms with Crippen molar-refractivity contribution in [1.29, 1.82) is 0 Å². The van der Waals surface area contributed by atoms with Gasteiger partial charge in [0.2, 0.25) is 0 Å². The molecule has 110 heavy (non-hydrogen) atoms. The van der Waals surface area contributed by atoms with Gasteiger partial charge in [-0.3, -0.25) is 0 Å². The van der Waals surface area contributed by atoms with Gasteiger partial charge in [0.25, 0.3) is 0 Å². The van der Waals surface area contributed by atoms with Crippen molar-refractivity contribution in [2.24, 2.45) is 0 Å². The normalized spacial score (nSPS) is 15.4. The van der Waals surface area contributed by atoms with Crippen LogP contribution in [0.5, 0.6) is 0 Å². The van der Waals surface area contributed by atoms with Crippen molar-refractivity contribution in [2.45, 2.75) is 0 Å². The van der Waals surface area contributed by atoms with Crippen molar-refractivity contribution in [3.63, 3.8) is 0 Å². The van der Waals surface area contributed by atoms with E-state index in [9.17, 15) is 0 Å². The molecule has 2 aliphatic rings. The molecule has 15 aromatic carbocycles. The fraction of sp³-hybridized carbons (Fsp3) is 0.348. The van der Waals surface area contributed by atoms with Gasteiger partial charge < -0.3 is 75.8 Å². The van der Waals surface area contributed by atoms with Gasteiger partial charge in [0, 0.05) is 66.2 Å². The predicted octanol–water partition coefficient (Wildman–Crippen LogP) is 17.2. The van der Waals surface area contributed by atoms with Crippen LogP contribution in [0, 0.1) is 0 Å². The summed E-state index contributed by atoms with van der Waals surface area (Å²) in [5.41, 5.74) is 0. The second-order valence-electron chi connectivity index (χ2n) is 25.6. The maximum Gasteiger partial charge on any atom is 0.0701 e. The van der Waals surface area contributed by atoms with E-state index >= 15 is 0 Å². The van der Waals surface area contributed by atoms with E-state index in [0.29, 0.717) is 185 Å². The minimum Gasteiger partial charge on any atom is -0.382 e. The Morgan fingerprint density at radius 2 is 0.255 bits per heavy atom. The molecule has 570 valence electrons. The van der Waals surface area contributed by atoms with Crippen molar-refractivity contribution >= 4 is 167 Å². The van der Waals surface area contributed by atoms with Gasteiger partial charge in [0.15, 0.2) is 0 Å². The number of fused-ring (bicyclic) bond motifs is 6. The first kappa shape index (κ1) is 86.7. The standard InChI is InChI=1S/3C20H12.2C12H24O6.2C4H10O2.2Li/c3*1-5-13-6-2-11-17-18-12-4-8-14-7-3-10-16(20(14)18)15(9-1)19(13)17;2*1-2-14-5-6-16-9-10-18-12-11-17-8-7-15-4-3-13-1;2*1-5-3-4-6-2;;/h3*1-12H;2*1-12H2;2*3-4H2,1-2H3;;. The molecule has 0 amide bonds. The first-order valence-corrected chi connectivity index (χ1v) is 37.6. The molecule has 0 saturated carbocycles. The van der Waals surface area contributed by atoms with Crippen LogP contribution in [-0.2, 0) is 75.8 Å². The molecule has 15 aromatic rings. The molecule has 2 saturated heterocycles. The molecule has 0 spiro atoms. The van der Waals surface area contributed by atoms with E-state index in [1.165, 1.54) is 129 Å². The second-order valence-corrected chi connectivity index (χ2v) is 25.6. The van der Waals surface area contributed by atoms with Gasteiger partial charge in [-0.25, -0.2) is 0 Å². The fourth-order valence-corrected chi connectivity index (χ4v) is 13.7. The Balaban J connectivity index is 0.000000152. The zero-order valence-electron chi connectivity index (χ0n) is 65.1. The Labute approximate surface area is 670 Å². The number of methoxy groups -OCH3 is 4.